The molecule has 1 aromatic carbocycles. The summed E-state index contributed by atoms with van der Waals surface area (Å²) in [7, 11) is 0. The number of hydrogen-bond donors (Lipinski definition) is 1. The highest BCUT2D eigenvalue weighted by molar-refractivity contribution is 6.01. The first-order chi connectivity index (χ1) is 9.15. The molecule has 2 nitrogen and oxygen atoms in total. The molecule has 3 rings (SSSR count). The third-order valence-corrected chi connectivity index (χ3v) is 4.33. The Labute approximate surface area is 114 Å². The average Bonchev–Trinajstić information content (AvgIpc) is 3.24. The smallest absolute Gasteiger partial charge is 0.165 e. The Morgan fingerprint density at radius 2 is 2.16 bits per heavy atom. The Bertz CT molecular complexity index is 579. The monoisotopic (exact) mass is 253 g/mol. The highest BCUT2D eigenvalue weighted by Gasteiger charge is 2.49. The van der Waals surface area contributed by atoms with Gasteiger partial charge in [0.1, 0.15) is 0 Å². The summed E-state index contributed by atoms with van der Waals surface area (Å²) in [5.41, 5.74) is 4.75. The molecule has 0 saturated heterocycles. The first-order valence-electron chi connectivity index (χ1n) is 6.88. The van der Waals surface area contributed by atoms with E-state index >= 15 is 0 Å². The molecule has 2 aliphatic rings. The van der Waals surface area contributed by atoms with Crippen molar-refractivity contribution in [3.8, 4) is 0 Å². The summed E-state index contributed by atoms with van der Waals surface area (Å²) < 4.78 is 0. The van der Waals surface area contributed by atoms with Crippen LogP contribution in [0.5, 0.6) is 0 Å². The van der Waals surface area contributed by atoms with Crippen LogP contribution in [0, 0.1) is 0 Å². The van der Waals surface area contributed by atoms with Gasteiger partial charge in [0.05, 0.1) is 5.41 Å². The van der Waals surface area contributed by atoms with Gasteiger partial charge in [0.15, 0.2) is 5.78 Å². The number of fused-ring (bicyclic) bond motifs is 1. The molecule has 0 spiro atoms. The highest BCUT2D eigenvalue weighted by Crippen LogP contribution is 2.50. The van der Waals surface area contributed by atoms with E-state index in [4.69, 9.17) is 0 Å². The van der Waals surface area contributed by atoms with E-state index in [1.54, 1.807) is 0 Å². The maximum atomic E-state index is 12.0. The second kappa shape index (κ2) is 4.37. The van der Waals surface area contributed by atoms with Crippen molar-refractivity contribution in [3.05, 3.63) is 53.8 Å². The van der Waals surface area contributed by atoms with Gasteiger partial charge in [0.25, 0.3) is 0 Å². The van der Waals surface area contributed by atoms with Crippen LogP contribution in [-0.4, -0.2) is 5.78 Å². The summed E-state index contributed by atoms with van der Waals surface area (Å²) in [6, 6.07) is 6.41. The van der Waals surface area contributed by atoms with Gasteiger partial charge in [-0.25, -0.2) is 0 Å². The van der Waals surface area contributed by atoms with E-state index in [0.29, 0.717) is 0 Å². The minimum Gasteiger partial charge on any atom is -0.362 e. The van der Waals surface area contributed by atoms with E-state index in [1.165, 1.54) is 22.9 Å². The predicted molar refractivity (Wildman–Crippen MR) is 78.3 cm³/mol. The van der Waals surface area contributed by atoms with Gasteiger partial charge in [-0.3, -0.25) is 4.79 Å². The zero-order valence-electron chi connectivity index (χ0n) is 11.3. The molecule has 1 saturated carbocycles. The van der Waals surface area contributed by atoms with Gasteiger partial charge in [0, 0.05) is 5.69 Å². The van der Waals surface area contributed by atoms with Gasteiger partial charge in [-0.1, -0.05) is 24.3 Å². The fraction of sp³-hybridized carbons (Fsp3) is 0.353. The number of allylic oxidation sites excluding steroid dienone is 2. The van der Waals surface area contributed by atoms with Crippen molar-refractivity contribution in [3.63, 3.8) is 0 Å². The van der Waals surface area contributed by atoms with Crippen molar-refractivity contribution in [2.75, 3.05) is 5.32 Å². The van der Waals surface area contributed by atoms with E-state index in [-0.39, 0.29) is 11.2 Å². The summed E-state index contributed by atoms with van der Waals surface area (Å²) in [5.74, 6) is 0.170. The molecule has 0 atom stereocenters. The number of carbonyl (C=O) groups is 1. The van der Waals surface area contributed by atoms with Crippen molar-refractivity contribution >= 4 is 11.5 Å². The zero-order valence-corrected chi connectivity index (χ0v) is 11.3. The van der Waals surface area contributed by atoms with Crippen LogP contribution >= 0.6 is 0 Å². The van der Waals surface area contributed by atoms with Crippen LogP contribution < -0.4 is 5.32 Å². The lowest BCUT2D eigenvalue weighted by Crippen LogP contribution is -2.18. The first kappa shape index (κ1) is 12.2. The molecule has 1 N–H and O–H groups in total. The van der Waals surface area contributed by atoms with Crippen LogP contribution in [0.25, 0.3) is 0 Å². The summed E-state index contributed by atoms with van der Waals surface area (Å²) in [6.07, 6.45) is 7.58. The average molecular weight is 253 g/mol. The molecular weight excluding hydrogens is 234 g/mol. The standard InChI is InChI=1S/C17H19NO/c1-3-16(19)17(8-9-17)14-6-7-15-13(10-14)5-4-12(2)11-18-15/h3,6-7,10-11,18H,1,4-5,8-9H2,2H3. The van der Waals surface area contributed by atoms with E-state index < -0.39 is 0 Å². The molecule has 1 aliphatic carbocycles. The van der Waals surface area contributed by atoms with E-state index in [0.717, 1.165) is 31.2 Å². The number of hydrogen-bond acceptors (Lipinski definition) is 2. The molecule has 0 unspecified atom stereocenters. The molecule has 19 heavy (non-hydrogen) atoms. The van der Waals surface area contributed by atoms with Crippen LogP contribution in [0.4, 0.5) is 5.69 Å². The predicted octanol–water partition coefficient (Wildman–Crippen LogP) is 3.74. The second-order valence-corrected chi connectivity index (χ2v) is 5.66. The summed E-state index contributed by atoms with van der Waals surface area (Å²) in [5, 5.41) is 3.35. The van der Waals surface area contributed by atoms with Crippen LogP contribution in [0.1, 0.15) is 37.3 Å². The molecule has 1 aliphatic heterocycles. The molecule has 2 heteroatoms. The molecule has 0 radical (unpaired) electrons. The van der Waals surface area contributed by atoms with Crippen molar-refractivity contribution in [1.29, 1.82) is 0 Å². The van der Waals surface area contributed by atoms with Crippen LogP contribution in [0.15, 0.2) is 42.6 Å². The molecule has 1 aromatic rings. The maximum absolute atomic E-state index is 12.0. The highest BCUT2D eigenvalue weighted by atomic mass is 16.1. The lowest BCUT2D eigenvalue weighted by Gasteiger charge is -2.15. The fourth-order valence-electron chi connectivity index (χ4n) is 2.84. The lowest BCUT2D eigenvalue weighted by atomic mass is 9.89. The number of aryl methyl sites for hydroxylation is 1. The lowest BCUT2D eigenvalue weighted by molar-refractivity contribution is -0.116. The number of rotatable bonds is 3. The topological polar surface area (TPSA) is 29.1 Å². The molecular formula is C17H19NO. The summed E-state index contributed by atoms with van der Waals surface area (Å²) >= 11 is 0. The van der Waals surface area contributed by atoms with Crippen LogP contribution in [-0.2, 0) is 16.6 Å². The molecule has 0 bridgehead atoms. The number of carbonyl (C=O) groups excluding carboxylic acids is 1. The van der Waals surface area contributed by atoms with Gasteiger partial charge in [-0.05, 0) is 62.1 Å². The summed E-state index contributed by atoms with van der Waals surface area (Å²) in [4.78, 5) is 12.0. The molecule has 1 heterocycles. The van der Waals surface area contributed by atoms with Gasteiger partial charge in [-0.2, -0.15) is 0 Å². The molecule has 0 aromatic heterocycles. The first-order valence-corrected chi connectivity index (χ1v) is 6.88. The van der Waals surface area contributed by atoms with Crippen molar-refractivity contribution in [2.45, 2.75) is 38.0 Å². The Kier molecular flexibility index (Phi) is 2.81. The Hall–Kier alpha value is -1.83. The minimum absolute atomic E-state index is 0.170. The molecule has 1 fully saturated rings. The van der Waals surface area contributed by atoms with Gasteiger partial charge < -0.3 is 5.32 Å². The second-order valence-electron chi connectivity index (χ2n) is 5.66. The fourth-order valence-corrected chi connectivity index (χ4v) is 2.84. The van der Waals surface area contributed by atoms with Crippen molar-refractivity contribution in [1.82, 2.24) is 0 Å². The minimum atomic E-state index is -0.258. The van der Waals surface area contributed by atoms with Crippen molar-refractivity contribution in [2.24, 2.45) is 0 Å². The van der Waals surface area contributed by atoms with Gasteiger partial charge in [0.2, 0.25) is 0 Å². The van der Waals surface area contributed by atoms with Crippen LogP contribution in [0.2, 0.25) is 0 Å². The van der Waals surface area contributed by atoms with Gasteiger partial charge >= 0.3 is 0 Å². The molecule has 0 amide bonds. The number of anilines is 1. The Morgan fingerprint density at radius 3 is 2.84 bits per heavy atom. The Balaban J connectivity index is 1.96. The normalized spacial score (nSPS) is 19.5. The van der Waals surface area contributed by atoms with E-state index in [9.17, 15) is 4.79 Å². The third-order valence-electron chi connectivity index (χ3n) is 4.33. The largest absolute Gasteiger partial charge is 0.362 e. The number of nitrogens with one attached hydrogen (secondary N) is 1. The van der Waals surface area contributed by atoms with E-state index in [2.05, 4.69) is 43.2 Å². The van der Waals surface area contributed by atoms with Crippen molar-refractivity contribution < 1.29 is 4.79 Å². The third kappa shape index (κ3) is 2.01. The van der Waals surface area contributed by atoms with Gasteiger partial charge in [-0.15, -0.1) is 0 Å². The quantitative estimate of drug-likeness (QED) is 0.831. The molecule has 98 valence electrons. The maximum Gasteiger partial charge on any atom is 0.165 e. The van der Waals surface area contributed by atoms with E-state index in [1.807, 2.05) is 0 Å². The zero-order chi connectivity index (χ0) is 13.5. The number of ketones is 1. The SMILES string of the molecule is C=CC(=O)C1(c2ccc3c(c2)CCC(C)=CN3)CC1. The Morgan fingerprint density at radius 1 is 1.37 bits per heavy atom. The number of benzene rings is 1. The van der Waals surface area contributed by atoms with Crippen LogP contribution in [0.3, 0.4) is 0 Å². The summed E-state index contributed by atoms with van der Waals surface area (Å²) in [6.45, 7) is 5.78.